The Labute approximate surface area is 575 Å². The summed E-state index contributed by atoms with van der Waals surface area (Å²) >= 11 is 0. The Balaban J connectivity index is 0.000000194. The molecular weight excluding hydrogens is 1500 g/mol. The predicted molar refractivity (Wildman–Crippen MR) is 327 cm³/mol. The van der Waals surface area contributed by atoms with E-state index in [2.05, 4.69) is 79.9 Å². The van der Waals surface area contributed by atoms with E-state index in [1.54, 1.807) is 6.92 Å². The average molecular weight is 1560 g/mol. The van der Waals surface area contributed by atoms with Gasteiger partial charge < -0.3 is 133 Å². The summed E-state index contributed by atoms with van der Waals surface area (Å²) in [6.07, 6.45) is -3.81. The molecule has 0 bridgehead atoms. The zero-order valence-corrected chi connectivity index (χ0v) is 56.7. The first-order chi connectivity index (χ1) is 48.4. The molecule has 4 saturated heterocycles. The predicted octanol–water partition coefficient (Wildman–Crippen LogP) is -6.97. The molecule has 5 aliphatic rings. The normalized spacial score (nSPS) is 30.7. The number of aryl methyl sites for hydroxylation is 1. The third kappa shape index (κ3) is 18.8. The van der Waals surface area contributed by atoms with Gasteiger partial charge in [0.2, 0.25) is 29.1 Å². The molecular formula is C46H61FN20O33P4-2. The van der Waals surface area contributed by atoms with E-state index in [4.69, 9.17) is 96.2 Å². The lowest BCUT2D eigenvalue weighted by Crippen LogP contribution is -2.50. The number of azide groups is 2. The number of methoxy groups -OCH3 is 3. The van der Waals surface area contributed by atoms with Crippen LogP contribution < -0.4 is 48.9 Å². The quantitative estimate of drug-likeness (QED) is 0.00950. The Bertz CT molecular complexity index is 4620. The minimum absolute atomic E-state index is 0.0338. The van der Waals surface area contributed by atoms with Crippen molar-refractivity contribution in [2.45, 2.75) is 104 Å². The van der Waals surface area contributed by atoms with E-state index in [1.807, 2.05) is 10.9 Å². The second-order valence-corrected chi connectivity index (χ2v) is 26.4. The number of carbonyl (C=O) groups excluding carboxylic acids is 1. The number of aromatic nitrogens is 10. The Kier molecular flexibility index (Phi) is 26.2. The van der Waals surface area contributed by atoms with Crippen molar-refractivity contribution in [3.8, 4) is 12.3 Å². The number of anilines is 1. The fraction of sp³-hybridized carbons (Fsp3) is 0.543. The van der Waals surface area contributed by atoms with Crippen molar-refractivity contribution < 1.29 is 143 Å². The molecule has 0 spiro atoms. The summed E-state index contributed by atoms with van der Waals surface area (Å²) in [5.74, 6) is -6.73. The smallest absolute Gasteiger partial charge is 0.469 e. The van der Waals surface area contributed by atoms with E-state index in [-0.39, 0.29) is 34.1 Å². The molecule has 5 aliphatic heterocycles. The molecule has 0 radical (unpaired) electrons. The molecule has 4 fully saturated rings. The molecule has 572 valence electrons. The van der Waals surface area contributed by atoms with E-state index in [1.165, 1.54) is 22.0 Å². The van der Waals surface area contributed by atoms with Crippen LogP contribution in [0.2, 0.25) is 0 Å². The number of phosphoric ester groups is 4. The molecule has 2 unspecified atom stereocenters. The molecule has 1 amide bonds. The number of hydrogen-bond donors (Lipinski definition) is 16. The van der Waals surface area contributed by atoms with Crippen LogP contribution in [0.1, 0.15) is 24.5 Å². The first kappa shape index (κ1) is 83.2. The lowest BCUT2D eigenvalue weighted by molar-refractivity contribution is -0.280. The van der Waals surface area contributed by atoms with Gasteiger partial charge in [0.15, 0.2) is 53.4 Å². The molecule has 104 heavy (non-hydrogen) atoms. The molecule has 53 nitrogen and oxygen atoms in total. The third-order valence-electron chi connectivity index (χ3n) is 15.0. The summed E-state index contributed by atoms with van der Waals surface area (Å²) in [4.78, 5) is 162. The number of alkyl halides is 1. The maximum Gasteiger partial charge on any atom is 0.469 e. The number of nitrogen functional groups attached to an aromatic ring is 1. The van der Waals surface area contributed by atoms with Crippen LogP contribution in [0.5, 0.6) is 0 Å². The highest BCUT2D eigenvalue weighted by Crippen LogP contribution is 2.48. The number of aromatic amines is 3. The number of ether oxygens (including phenoxy) is 8. The van der Waals surface area contributed by atoms with Gasteiger partial charge in [-0.2, -0.15) is 4.98 Å². The Morgan fingerprint density at radius 1 is 0.721 bits per heavy atom. The lowest BCUT2D eigenvalue weighted by Gasteiger charge is -2.34. The summed E-state index contributed by atoms with van der Waals surface area (Å²) in [7, 11) is -16.8. The number of nitrogens with one attached hydrogen (secondary N) is 4. The number of phosphoric acid groups is 4. The number of nitrogens with zero attached hydrogens (tertiary/aromatic N) is 14. The summed E-state index contributed by atoms with van der Waals surface area (Å²) in [6.45, 7) is 0.959. The van der Waals surface area contributed by atoms with E-state index in [0.29, 0.717) is 10.4 Å². The fourth-order valence-electron chi connectivity index (χ4n) is 10.2. The van der Waals surface area contributed by atoms with Gasteiger partial charge in [-0.1, -0.05) is 22.7 Å². The third-order valence-corrected chi connectivity index (χ3v) is 16.9. The average Bonchev–Trinajstić information content (AvgIpc) is 1.64. The van der Waals surface area contributed by atoms with Crippen molar-refractivity contribution in [1.29, 1.82) is 0 Å². The standard InChI is InChI=1S/C12H14FN2O9P.C12H18N5O8P.C11H15N8O8P.C11H16N5O8P/c1-2-5-22-12(6-23-25(19,20)21)9(17)8(13)10(24-12)15-4-3-7(16)14-11(15)18;1-5-15-9-7(10(19)16-5)14-4-17(9)11-6(13)8(18)12(23-2,25-11)3-24-26(20,21)22;1-25-11(2-26-28(22,23)24)6(20)4(17-18-13)9(27-11)19-3-14-5-7(19)15-10(12)16-8(5)21;1-6-13-7(17)3-4-16(6)10-8(18)9(14-15-12)11(22-2,24-10)5-23-25(19,20)21/h1,3-4,8-10,17H,5-6H2,(H,14,16,18)(H2,19,20,21);4,6,8,11,18H,3,13H2,1-2H3,(H,15,16,19)(H2,20,21,22);3-4,6,9,20H,2H2,1H3,(H2,22,23,24)(H3,12,15,16,21);3-4,8-10,18H,1,5H2,2H3,(H,13,17)(H2,19,20,21)/p-2/t8-,9+,10-,12-;6-,8-,11+,12+;4-,6-,9+,11+;8-,9+,10-,11-/m1001/s1. The van der Waals surface area contributed by atoms with Crippen LogP contribution in [0.4, 0.5) is 10.3 Å². The SMILES string of the molecule is C#CCO[C@]1(COP(=O)(O)O)O[C@@H](n2ccc(=O)[nH]c2=O)[C@H](F)[C@@H]1O.C=C1NC(=O)C=CN1[C@@H]1O[C@@](COP(=O)(O)O)(OC)[C@@H](N=[N+]=[N-])[C@H]1O.CO[C@]1(COP(=O)([O-])O)O[C@@H](n2cnc3c(=O)[nH]c(C)nc32)[C@@H](N)[C@@H]1O.CO[C@]1(COP(=O)([O-])O)O[C@@H](n2cnc3c(=O)[nH]c(N)nc32)[C@@H](N=[N+]=[N-])[C@@H]1O. The van der Waals surface area contributed by atoms with E-state index in [9.17, 15) is 76.8 Å². The molecule has 18 atom stereocenters. The summed E-state index contributed by atoms with van der Waals surface area (Å²) in [6, 6.07) is -2.98. The second kappa shape index (κ2) is 32.8. The lowest BCUT2D eigenvalue weighted by atomic mass is 10.0. The number of terminal acetylenes is 1. The molecule has 5 aromatic rings. The highest BCUT2D eigenvalue weighted by atomic mass is 31.2. The van der Waals surface area contributed by atoms with Crippen molar-refractivity contribution in [3.05, 3.63) is 118 Å². The van der Waals surface area contributed by atoms with Gasteiger partial charge in [0.25, 0.3) is 38.2 Å². The number of amides is 1. The minimum Gasteiger partial charge on any atom is -0.756 e. The molecule has 10 rings (SSSR count). The summed E-state index contributed by atoms with van der Waals surface area (Å²) in [5.41, 5.74) is 26.2. The number of carbonyl (C=O) groups is 1. The minimum atomic E-state index is -5.19. The van der Waals surface area contributed by atoms with Crippen LogP contribution in [0.3, 0.4) is 0 Å². The number of nitrogens with two attached hydrogens (primary N) is 2. The van der Waals surface area contributed by atoms with Crippen LogP contribution in [0.15, 0.2) is 79.0 Å². The van der Waals surface area contributed by atoms with Crippen LogP contribution in [-0.2, 0) is 79.0 Å². The largest absolute Gasteiger partial charge is 0.756 e. The molecule has 0 aliphatic carbocycles. The number of H-pyrrole nitrogens is 3. The van der Waals surface area contributed by atoms with Crippen molar-refractivity contribution >= 4 is 65.5 Å². The number of aliphatic hydroxyl groups is 4. The number of fused-ring (bicyclic) bond motifs is 2. The first-order valence-electron chi connectivity index (χ1n) is 28.3. The van der Waals surface area contributed by atoms with Crippen LogP contribution in [0.25, 0.3) is 43.2 Å². The summed E-state index contributed by atoms with van der Waals surface area (Å²) < 4.78 is 121. The Hall–Kier alpha value is -8.04. The molecule has 10 heterocycles. The van der Waals surface area contributed by atoms with E-state index in [0.717, 1.165) is 50.6 Å². The number of imidazole rings is 2. The highest BCUT2D eigenvalue weighted by molar-refractivity contribution is 7.46. The fourth-order valence-corrected chi connectivity index (χ4v) is 11.6. The molecule has 0 saturated carbocycles. The second-order valence-electron chi connectivity index (χ2n) is 21.5. The zero-order chi connectivity index (χ0) is 77.6. The van der Waals surface area contributed by atoms with E-state index < -0.39 is 189 Å². The maximum absolute atomic E-state index is 14.5. The van der Waals surface area contributed by atoms with Gasteiger partial charge in [-0.15, -0.1) is 6.42 Å². The topological polar surface area (TPSA) is 791 Å². The van der Waals surface area contributed by atoms with E-state index >= 15 is 0 Å². The van der Waals surface area contributed by atoms with Gasteiger partial charge in [-0.25, -0.2) is 33.3 Å². The molecule has 0 aromatic carbocycles. The van der Waals surface area contributed by atoms with Crippen molar-refractivity contribution in [1.82, 2.24) is 58.8 Å². The van der Waals surface area contributed by atoms with Gasteiger partial charge in [0.1, 0.15) is 81.2 Å². The Morgan fingerprint density at radius 2 is 1.22 bits per heavy atom. The van der Waals surface area contributed by atoms with Gasteiger partial charge in [0.05, 0.1) is 18.7 Å². The number of aliphatic hydroxyl groups excluding tert-OH is 4. The van der Waals surface area contributed by atoms with Crippen molar-refractivity contribution in [3.63, 3.8) is 0 Å². The maximum atomic E-state index is 14.5. The number of halogens is 1. The number of rotatable bonds is 23. The van der Waals surface area contributed by atoms with Gasteiger partial charge >= 0.3 is 21.3 Å². The zero-order valence-electron chi connectivity index (χ0n) is 53.2. The van der Waals surface area contributed by atoms with Crippen molar-refractivity contribution in [2.75, 3.05) is 60.1 Å². The van der Waals surface area contributed by atoms with Crippen LogP contribution in [-0.4, -0.2) is 242 Å². The molecule has 18 N–H and O–H groups in total. The van der Waals surface area contributed by atoms with Gasteiger partial charge in [0, 0.05) is 55.7 Å². The van der Waals surface area contributed by atoms with Crippen molar-refractivity contribution in [2.24, 2.45) is 16.0 Å². The number of hydrogen-bond acceptors (Lipinski definition) is 36. The van der Waals surface area contributed by atoms with Crippen LogP contribution >= 0.6 is 31.3 Å². The first-order valence-corrected chi connectivity index (χ1v) is 34.3. The monoisotopic (exact) mass is 1560 g/mol. The Morgan fingerprint density at radius 3 is 1.74 bits per heavy atom. The van der Waals surface area contributed by atoms with Crippen LogP contribution in [0, 0.1) is 19.3 Å². The molecule has 5 aromatic heterocycles. The van der Waals surface area contributed by atoms with Gasteiger partial charge in [-0.05, 0) is 18.0 Å². The highest BCUT2D eigenvalue weighted by Gasteiger charge is 2.61. The summed E-state index contributed by atoms with van der Waals surface area (Å²) in [5, 5.41) is 50.8. The molecule has 58 heteroatoms. The van der Waals surface area contributed by atoms with Gasteiger partial charge in [-0.3, -0.25) is 61.0 Å².